The molecule has 0 spiro atoms. The molecule has 1 aromatic carbocycles. The van der Waals surface area contributed by atoms with Crippen molar-refractivity contribution in [2.45, 2.75) is 69.2 Å². The zero-order valence-corrected chi connectivity index (χ0v) is 20.4. The number of nitrogens with zero attached hydrogens (tertiary/aromatic N) is 3. The molecule has 4 rings (SSSR count). The van der Waals surface area contributed by atoms with Crippen LogP contribution in [0.3, 0.4) is 0 Å². The third kappa shape index (κ3) is 5.41. The summed E-state index contributed by atoms with van der Waals surface area (Å²) in [5.74, 6) is -0.394. The molecule has 8 nitrogen and oxygen atoms in total. The minimum absolute atomic E-state index is 0.180. The van der Waals surface area contributed by atoms with E-state index in [9.17, 15) is 18.0 Å². The zero-order chi connectivity index (χ0) is 23.4. The molecule has 9 heteroatoms. The Bertz CT molecular complexity index is 969. The Morgan fingerprint density at radius 3 is 2.33 bits per heavy atom. The third-order valence-electron chi connectivity index (χ3n) is 7.03. The van der Waals surface area contributed by atoms with E-state index in [1.165, 1.54) is 31.1 Å². The highest BCUT2D eigenvalue weighted by molar-refractivity contribution is 7.89. The number of sulfonamides is 1. The summed E-state index contributed by atoms with van der Waals surface area (Å²) in [5, 5.41) is 2.99. The first-order valence-corrected chi connectivity index (χ1v) is 13.7. The molecule has 1 atom stereocenters. The van der Waals surface area contributed by atoms with Crippen LogP contribution in [0.4, 0.5) is 5.69 Å². The Balaban J connectivity index is 1.41. The number of hydrogen-bond acceptors (Lipinski definition) is 5. The van der Waals surface area contributed by atoms with E-state index < -0.39 is 16.1 Å². The number of fused-ring (bicyclic) bond motifs is 1. The number of carbonyl (C=O) groups is 2. The lowest BCUT2D eigenvalue weighted by atomic mass is 10.1. The first-order valence-electron chi connectivity index (χ1n) is 12.3. The Morgan fingerprint density at radius 1 is 1.00 bits per heavy atom. The van der Waals surface area contributed by atoms with E-state index in [0.717, 1.165) is 50.9 Å². The molecule has 0 aliphatic carbocycles. The van der Waals surface area contributed by atoms with Crippen LogP contribution in [0.15, 0.2) is 23.1 Å². The average molecular weight is 477 g/mol. The van der Waals surface area contributed by atoms with Crippen LogP contribution in [0.1, 0.15) is 57.4 Å². The molecule has 3 aliphatic rings. The van der Waals surface area contributed by atoms with Crippen molar-refractivity contribution in [3.63, 3.8) is 0 Å². The number of amides is 2. The normalized spacial score (nSPS) is 22.2. The molecule has 2 saturated heterocycles. The molecular formula is C24H36N4O4S. The Morgan fingerprint density at radius 2 is 1.67 bits per heavy atom. The fourth-order valence-corrected chi connectivity index (χ4v) is 6.83. The highest BCUT2D eigenvalue weighted by Gasteiger charge is 2.38. The molecule has 1 aromatic rings. The van der Waals surface area contributed by atoms with E-state index >= 15 is 0 Å². The van der Waals surface area contributed by atoms with Gasteiger partial charge in [-0.1, -0.05) is 12.8 Å². The van der Waals surface area contributed by atoms with E-state index in [-0.39, 0.29) is 16.7 Å². The van der Waals surface area contributed by atoms with Gasteiger partial charge in [0.15, 0.2) is 0 Å². The Hall–Kier alpha value is -1.97. The van der Waals surface area contributed by atoms with Gasteiger partial charge in [0, 0.05) is 38.7 Å². The van der Waals surface area contributed by atoms with E-state index in [1.54, 1.807) is 22.5 Å². The quantitative estimate of drug-likeness (QED) is 0.609. The Kier molecular flexibility index (Phi) is 7.71. The van der Waals surface area contributed by atoms with Crippen molar-refractivity contribution in [3.05, 3.63) is 23.8 Å². The van der Waals surface area contributed by atoms with Crippen LogP contribution >= 0.6 is 0 Å². The molecule has 0 aromatic heterocycles. The first kappa shape index (κ1) is 24.2. The maximum absolute atomic E-state index is 13.1. The van der Waals surface area contributed by atoms with Crippen LogP contribution in [0.5, 0.6) is 0 Å². The van der Waals surface area contributed by atoms with Gasteiger partial charge in [0.1, 0.15) is 6.04 Å². The van der Waals surface area contributed by atoms with Crippen LogP contribution < -0.4 is 10.2 Å². The molecule has 3 aliphatic heterocycles. The fourth-order valence-electron chi connectivity index (χ4n) is 5.26. The van der Waals surface area contributed by atoms with Crippen molar-refractivity contribution in [1.82, 2.24) is 14.5 Å². The number of piperidine rings is 2. The van der Waals surface area contributed by atoms with Gasteiger partial charge < -0.3 is 10.2 Å². The minimum atomic E-state index is -3.56. The van der Waals surface area contributed by atoms with Crippen molar-refractivity contribution in [2.24, 2.45) is 0 Å². The number of benzene rings is 1. The Labute approximate surface area is 197 Å². The van der Waals surface area contributed by atoms with Crippen molar-refractivity contribution in [2.75, 3.05) is 44.2 Å². The van der Waals surface area contributed by atoms with E-state index in [1.807, 2.05) is 0 Å². The molecule has 2 amide bonds. The van der Waals surface area contributed by atoms with Gasteiger partial charge in [0.25, 0.3) is 0 Å². The molecule has 3 heterocycles. The van der Waals surface area contributed by atoms with E-state index in [0.29, 0.717) is 31.7 Å². The summed E-state index contributed by atoms with van der Waals surface area (Å²) in [7, 11) is -3.56. The smallest absolute Gasteiger partial charge is 0.243 e. The third-order valence-corrected chi connectivity index (χ3v) is 8.92. The van der Waals surface area contributed by atoms with Gasteiger partial charge in [-0.2, -0.15) is 4.31 Å². The lowest BCUT2D eigenvalue weighted by molar-refractivity contribution is -0.125. The number of likely N-dealkylation sites (tertiary alicyclic amines) is 1. The molecule has 2 fully saturated rings. The summed E-state index contributed by atoms with van der Waals surface area (Å²) in [6, 6.07) is 4.26. The monoisotopic (exact) mass is 476 g/mol. The maximum atomic E-state index is 13.1. The van der Waals surface area contributed by atoms with Gasteiger partial charge in [-0.05, 0) is 75.5 Å². The highest BCUT2D eigenvalue weighted by Crippen LogP contribution is 2.35. The second-order valence-electron chi connectivity index (χ2n) is 9.41. The SMILES string of the molecule is CC(=O)N1c2ccc(S(=O)(=O)N3CCCCC3)cc2C[C@@H]1C(=O)NCCCN1CCCCC1. The summed E-state index contributed by atoms with van der Waals surface area (Å²) in [5.41, 5.74) is 1.37. The van der Waals surface area contributed by atoms with Crippen LogP contribution in [-0.4, -0.2) is 74.7 Å². The number of rotatable bonds is 7. The number of hydrogen-bond donors (Lipinski definition) is 1. The topological polar surface area (TPSA) is 90.0 Å². The summed E-state index contributed by atoms with van der Waals surface area (Å²) in [6.45, 7) is 6.34. The summed E-state index contributed by atoms with van der Waals surface area (Å²) in [6.07, 6.45) is 7.81. The molecule has 182 valence electrons. The van der Waals surface area contributed by atoms with Crippen molar-refractivity contribution >= 4 is 27.5 Å². The van der Waals surface area contributed by atoms with Crippen molar-refractivity contribution < 1.29 is 18.0 Å². The molecule has 0 radical (unpaired) electrons. The van der Waals surface area contributed by atoms with Gasteiger partial charge >= 0.3 is 0 Å². The molecule has 33 heavy (non-hydrogen) atoms. The first-order chi connectivity index (χ1) is 15.9. The summed E-state index contributed by atoms with van der Waals surface area (Å²) < 4.78 is 27.7. The van der Waals surface area contributed by atoms with Gasteiger partial charge in [-0.3, -0.25) is 14.5 Å². The largest absolute Gasteiger partial charge is 0.354 e. The molecule has 0 saturated carbocycles. The zero-order valence-electron chi connectivity index (χ0n) is 19.6. The maximum Gasteiger partial charge on any atom is 0.243 e. The van der Waals surface area contributed by atoms with E-state index in [4.69, 9.17) is 0 Å². The van der Waals surface area contributed by atoms with Crippen LogP contribution in [-0.2, 0) is 26.0 Å². The molecule has 0 bridgehead atoms. The average Bonchev–Trinajstić information content (AvgIpc) is 3.22. The van der Waals surface area contributed by atoms with Gasteiger partial charge in [0.2, 0.25) is 21.8 Å². The van der Waals surface area contributed by atoms with E-state index in [2.05, 4.69) is 10.2 Å². The summed E-state index contributed by atoms with van der Waals surface area (Å²) >= 11 is 0. The predicted octanol–water partition coefficient (Wildman–Crippen LogP) is 2.13. The number of nitrogens with one attached hydrogen (secondary N) is 1. The number of anilines is 1. The lowest BCUT2D eigenvalue weighted by Gasteiger charge is -2.27. The standard InChI is InChI=1S/C24H36N4O4S/c1-19(29)28-22-10-9-21(33(31,32)27-15-6-3-7-16-27)17-20(22)18-23(28)24(30)25-11-8-14-26-12-4-2-5-13-26/h9-10,17,23H,2-8,11-16,18H2,1H3,(H,25,30)/t23-/m1/s1. The second kappa shape index (κ2) is 10.5. The van der Waals surface area contributed by atoms with Crippen LogP contribution in [0, 0.1) is 0 Å². The van der Waals surface area contributed by atoms with Crippen molar-refractivity contribution in [3.8, 4) is 0 Å². The molecule has 1 N–H and O–H groups in total. The van der Waals surface area contributed by atoms with Crippen LogP contribution in [0.25, 0.3) is 0 Å². The van der Waals surface area contributed by atoms with Gasteiger partial charge in [-0.15, -0.1) is 0 Å². The van der Waals surface area contributed by atoms with Gasteiger partial charge in [-0.25, -0.2) is 8.42 Å². The lowest BCUT2D eigenvalue weighted by Crippen LogP contribution is -2.47. The number of carbonyl (C=O) groups excluding carboxylic acids is 2. The minimum Gasteiger partial charge on any atom is -0.354 e. The highest BCUT2D eigenvalue weighted by atomic mass is 32.2. The molecule has 0 unspecified atom stereocenters. The van der Waals surface area contributed by atoms with Crippen molar-refractivity contribution in [1.29, 1.82) is 0 Å². The van der Waals surface area contributed by atoms with Crippen LogP contribution in [0.2, 0.25) is 0 Å². The molecular weight excluding hydrogens is 440 g/mol. The summed E-state index contributed by atoms with van der Waals surface area (Å²) in [4.78, 5) is 29.6. The second-order valence-corrected chi connectivity index (χ2v) is 11.3. The predicted molar refractivity (Wildman–Crippen MR) is 128 cm³/mol. The van der Waals surface area contributed by atoms with Gasteiger partial charge in [0.05, 0.1) is 4.90 Å². The fraction of sp³-hybridized carbons (Fsp3) is 0.667.